The van der Waals surface area contributed by atoms with Gasteiger partial charge in [-0.05, 0) is 24.3 Å². The van der Waals surface area contributed by atoms with E-state index < -0.39 is 0 Å². The maximum absolute atomic E-state index is 5.82. The van der Waals surface area contributed by atoms with E-state index in [1.165, 1.54) is 0 Å². The Hall–Kier alpha value is -3.27. The van der Waals surface area contributed by atoms with Crippen molar-refractivity contribution in [2.24, 2.45) is 0 Å². The minimum atomic E-state index is 0.529. The predicted octanol–water partition coefficient (Wildman–Crippen LogP) is 4.59. The SMILES string of the molecule is c1cnc2c(c1)ccc1ccc(-c3nc4ccccc4o3)nc12. The normalized spacial score (nSPS) is 11.5. The molecule has 0 saturated heterocycles. The number of benzene rings is 2. The summed E-state index contributed by atoms with van der Waals surface area (Å²) >= 11 is 0. The van der Waals surface area contributed by atoms with Crippen molar-refractivity contribution in [2.45, 2.75) is 0 Å². The highest BCUT2D eigenvalue weighted by molar-refractivity contribution is 6.03. The van der Waals surface area contributed by atoms with Crippen LogP contribution in [-0.2, 0) is 0 Å². The molecule has 0 saturated carbocycles. The fourth-order valence-electron chi connectivity index (χ4n) is 2.82. The van der Waals surface area contributed by atoms with Gasteiger partial charge in [0.25, 0.3) is 0 Å². The Balaban J connectivity index is 1.80. The Morgan fingerprint density at radius 3 is 2.43 bits per heavy atom. The van der Waals surface area contributed by atoms with Crippen LogP contribution >= 0.6 is 0 Å². The molecule has 0 spiro atoms. The zero-order valence-electron chi connectivity index (χ0n) is 12.1. The van der Waals surface area contributed by atoms with Gasteiger partial charge in [-0.15, -0.1) is 0 Å². The van der Waals surface area contributed by atoms with Crippen molar-refractivity contribution in [2.75, 3.05) is 0 Å². The number of hydrogen-bond acceptors (Lipinski definition) is 4. The van der Waals surface area contributed by atoms with Crippen molar-refractivity contribution < 1.29 is 4.42 Å². The number of para-hydroxylation sites is 2. The first-order chi connectivity index (χ1) is 11.4. The topological polar surface area (TPSA) is 51.8 Å². The summed E-state index contributed by atoms with van der Waals surface area (Å²) in [5.41, 5.74) is 4.07. The van der Waals surface area contributed by atoms with E-state index in [1.54, 1.807) is 6.20 Å². The van der Waals surface area contributed by atoms with Crippen LogP contribution in [0.1, 0.15) is 0 Å². The highest BCUT2D eigenvalue weighted by Gasteiger charge is 2.11. The van der Waals surface area contributed by atoms with E-state index in [4.69, 9.17) is 9.40 Å². The molecule has 0 aliphatic carbocycles. The molecule has 3 aromatic heterocycles. The number of fused-ring (bicyclic) bond motifs is 4. The van der Waals surface area contributed by atoms with E-state index >= 15 is 0 Å². The number of aromatic nitrogens is 3. The van der Waals surface area contributed by atoms with Gasteiger partial charge in [-0.3, -0.25) is 4.98 Å². The van der Waals surface area contributed by atoms with Crippen LogP contribution in [0.15, 0.2) is 71.3 Å². The van der Waals surface area contributed by atoms with Crippen molar-refractivity contribution in [3.63, 3.8) is 0 Å². The first-order valence-corrected chi connectivity index (χ1v) is 7.39. The van der Waals surface area contributed by atoms with Crippen molar-refractivity contribution in [1.82, 2.24) is 15.0 Å². The second-order valence-corrected chi connectivity index (χ2v) is 5.40. The second kappa shape index (κ2) is 4.61. The molecule has 5 rings (SSSR count). The van der Waals surface area contributed by atoms with Crippen molar-refractivity contribution >= 4 is 32.9 Å². The molecule has 0 fully saturated rings. The fraction of sp³-hybridized carbons (Fsp3) is 0. The number of hydrogen-bond donors (Lipinski definition) is 0. The predicted molar refractivity (Wildman–Crippen MR) is 90.0 cm³/mol. The van der Waals surface area contributed by atoms with Gasteiger partial charge in [-0.25, -0.2) is 9.97 Å². The van der Waals surface area contributed by atoms with E-state index in [1.807, 2.05) is 48.5 Å². The molecule has 0 amide bonds. The van der Waals surface area contributed by atoms with Gasteiger partial charge in [0, 0.05) is 17.0 Å². The summed E-state index contributed by atoms with van der Waals surface area (Å²) in [5.74, 6) is 0.529. The molecule has 2 aromatic carbocycles. The van der Waals surface area contributed by atoms with Crippen molar-refractivity contribution in [1.29, 1.82) is 0 Å². The summed E-state index contributed by atoms with van der Waals surface area (Å²) in [4.78, 5) is 13.7. The Kier molecular flexibility index (Phi) is 2.46. The smallest absolute Gasteiger partial charge is 0.246 e. The van der Waals surface area contributed by atoms with Crippen LogP contribution in [0.25, 0.3) is 44.5 Å². The van der Waals surface area contributed by atoms with Gasteiger partial charge < -0.3 is 4.42 Å². The largest absolute Gasteiger partial charge is 0.435 e. The Morgan fingerprint density at radius 2 is 1.52 bits per heavy atom. The maximum Gasteiger partial charge on any atom is 0.246 e. The summed E-state index contributed by atoms with van der Waals surface area (Å²) < 4.78 is 5.82. The van der Waals surface area contributed by atoms with E-state index in [-0.39, 0.29) is 0 Å². The summed E-state index contributed by atoms with van der Waals surface area (Å²) in [6.07, 6.45) is 1.79. The van der Waals surface area contributed by atoms with Crippen molar-refractivity contribution in [3.8, 4) is 11.6 Å². The van der Waals surface area contributed by atoms with E-state index in [2.05, 4.69) is 22.1 Å². The lowest BCUT2D eigenvalue weighted by molar-refractivity contribution is 0.617. The van der Waals surface area contributed by atoms with Crippen LogP contribution < -0.4 is 0 Å². The van der Waals surface area contributed by atoms with Gasteiger partial charge in [-0.1, -0.05) is 36.4 Å². The number of nitrogens with zero attached hydrogens (tertiary/aromatic N) is 3. The molecule has 4 nitrogen and oxygen atoms in total. The first-order valence-electron chi connectivity index (χ1n) is 7.39. The molecule has 0 N–H and O–H groups in total. The van der Waals surface area contributed by atoms with Gasteiger partial charge in [0.15, 0.2) is 5.58 Å². The number of oxazole rings is 1. The number of rotatable bonds is 1. The molecule has 4 heteroatoms. The molecule has 23 heavy (non-hydrogen) atoms. The third-order valence-corrected chi connectivity index (χ3v) is 3.95. The zero-order valence-corrected chi connectivity index (χ0v) is 12.1. The van der Waals surface area contributed by atoms with Gasteiger partial charge in [0.2, 0.25) is 5.89 Å². The Morgan fingerprint density at radius 1 is 0.696 bits per heavy atom. The quantitative estimate of drug-likeness (QED) is 0.425. The Bertz CT molecular complexity index is 1140. The Labute approximate surface area is 131 Å². The monoisotopic (exact) mass is 297 g/mol. The van der Waals surface area contributed by atoms with Crippen LogP contribution in [-0.4, -0.2) is 15.0 Å². The second-order valence-electron chi connectivity index (χ2n) is 5.40. The number of pyridine rings is 2. The van der Waals surface area contributed by atoms with Crippen LogP contribution in [0.5, 0.6) is 0 Å². The zero-order chi connectivity index (χ0) is 15.2. The van der Waals surface area contributed by atoms with Gasteiger partial charge >= 0.3 is 0 Å². The molecule has 0 unspecified atom stereocenters. The molecule has 5 aromatic rings. The summed E-state index contributed by atoms with van der Waals surface area (Å²) in [7, 11) is 0. The standard InChI is InChI=1S/C19H11N3O/c1-2-6-16-14(5-1)22-19(23-16)15-10-9-13-8-7-12-4-3-11-20-17(12)18(13)21-15/h1-11H. The third-order valence-electron chi connectivity index (χ3n) is 3.95. The van der Waals surface area contributed by atoms with Gasteiger partial charge in [0.1, 0.15) is 11.2 Å². The molecule has 108 valence electrons. The molecule has 0 radical (unpaired) electrons. The van der Waals surface area contributed by atoms with E-state index in [0.29, 0.717) is 11.6 Å². The van der Waals surface area contributed by atoms with Crippen LogP contribution in [0.3, 0.4) is 0 Å². The van der Waals surface area contributed by atoms with E-state index in [0.717, 1.165) is 32.9 Å². The summed E-state index contributed by atoms with van der Waals surface area (Å²) in [5, 5.41) is 2.12. The average molecular weight is 297 g/mol. The summed E-state index contributed by atoms with van der Waals surface area (Å²) in [6.45, 7) is 0. The maximum atomic E-state index is 5.82. The lowest BCUT2D eigenvalue weighted by Crippen LogP contribution is -1.88. The minimum Gasteiger partial charge on any atom is -0.435 e. The molecular formula is C19H11N3O. The van der Waals surface area contributed by atoms with Crippen molar-refractivity contribution in [3.05, 3.63) is 66.9 Å². The minimum absolute atomic E-state index is 0.529. The highest BCUT2D eigenvalue weighted by Crippen LogP contribution is 2.27. The van der Waals surface area contributed by atoms with Crippen LogP contribution in [0.2, 0.25) is 0 Å². The van der Waals surface area contributed by atoms with Crippen LogP contribution in [0.4, 0.5) is 0 Å². The molecule has 3 heterocycles. The lowest BCUT2D eigenvalue weighted by Gasteiger charge is -2.03. The molecule has 0 aliphatic heterocycles. The van der Waals surface area contributed by atoms with Gasteiger partial charge in [-0.2, -0.15) is 0 Å². The lowest BCUT2D eigenvalue weighted by atomic mass is 10.1. The highest BCUT2D eigenvalue weighted by atomic mass is 16.3. The molecule has 0 aliphatic rings. The summed E-state index contributed by atoms with van der Waals surface area (Å²) in [6, 6.07) is 19.8. The first kappa shape index (κ1) is 12.3. The van der Waals surface area contributed by atoms with Gasteiger partial charge in [0.05, 0.1) is 11.0 Å². The molecular weight excluding hydrogens is 286 g/mol. The van der Waals surface area contributed by atoms with E-state index in [9.17, 15) is 0 Å². The molecule has 0 bridgehead atoms. The molecule has 0 atom stereocenters. The fourth-order valence-corrected chi connectivity index (χ4v) is 2.82. The van der Waals surface area contributed by atoms with Crippen LogP contribution in [0, 0.1) is 0 Å². The third kappa shape index (κ3) is 1.89. The average Bonchev–Trinajstić information content (AvgIpc) is 3.05.